The monoisotopic (exact) mass is 414 g/mol. The van der Waals surface area contributed by atoms with Gasteiger partial charge in [-0.2, -0.15) is 0 Å². The van der Waals surface area contributed by atoms with Crippen molar-refractivity contribution in [1.82, 2.24) is 10.2 Å². The van der Waals surface area contributed by atoms with Gasteiger partial charge in [-0.25, -0.2) is 0 Å². The molecule has 1 amide bonds. The van der Waals surface area contributed by atoms with Crippen molar-refractivity contribution in [3.8, 4) is 0 Å². The van der Waals surface area contributed by atoms with Crippen LogP contribution in [-0.4, -0.2) is 31.4 Å². The second-order valence-corrected chi connectivity index (χ2v) is 8.14. The van der Waals surface area contributed by atoms with Gasteiger partial charge in [0.15, 0.2) is 0 Å². The lowest BCUT2D eigenvalue weighted by Gasteiger charge is -2.24. The standard InChI is InChI=1S/C12H15NO.C10H12BrN/c1-13-12(14)11-7-6-9-4-2-3-5-10(9)8-11;1-12-5-4-8-6-10(11)3-2-9(8)7-12/h2-5,11H,6-8H2,1H3,(H,13,14);2-3,6H,4-5,7H2,1H3. The molecule has 4 heteroatoms. The van der Waals surface area contributed by atoms with Gasteiger partial charge in [-0.05, 0) is 67.1 Å². The van der Waals surface area contributed by atoms with Crippen molar-refractivity contribution in [2.75, 3.05) is 20.6 Å². The van der Waals surface area contributed by atoms with Gasteiger partial charge in [0.05, 0.1) is 0 Å². The van der Waals surface area contributed by atoms with E-state index in [9.17, 15) is 4.79 Å². The maximum Gasteiger partial charge on any atom is 0.223 e. The zero-order valence-electron chi connectivity index (χ0n) is 15.6. The first kappa shape index (κ1) is 19.1. The van der Waals surface area contributed by atoms with Gasteiger partial charge in [0, 0.05) is 30.5 Å². The molecule has 3 nitrogen and oxygen atoms in total. The Labute approximate surface area is 164 Å². The number of carbonyl (C=O) groups excluding carboxylic acids is 1. The van der Waals surface area contributed by atoms with Crippen LogP contribution in [0.2, 0.25) is 0 Å². The average molecular weight is 415 g/mol. The number of hydrogen-bond donors (Lipinski definition) is 1. The summed E-state index contributed by atoms with van der Waals surface area (Å²) in [6.07, 6.45) is 4.10. The quantitative estimate of drug-likeness (QED) is 0.765. The minimum Gasteiger partial charge on any atom is -0.359 e. The first-order valence-corrected chi connectivity index (χ1v) is 10.1. The molecule has 0 bridgehead atoms. The van der Waals surface area contributed by atoms with Crippen molar-refractivity contribution >= 4 is 21.8 Å². The molecule has 1 N–H and O–H groups in total. The summed E-state index contributed by atoms with van der Waals surface area (Å²) in [6.45, 7) is 2.28. The zero-order chi connectivity index (χ0) is 18.5. The highest BCUT2D eigenvalue weighted by Gasteiger charge is 2.23. The van der Waals surface area contributed by atoms with Gasteiger partial charge < -0.3 is 10.2 Å². The van der Waals surface area contributed by atoms with Crippen LogP contribution >= 0.6 is 15.9 Å². The van der Waals surface area contributed by atoms with Crippen LogP contribution in [0.4, 0.5) is 0 Å². The molecule has 0 radical (unpaired) electrons. The molecule has 1 heterocycles. The summed E-state index contributed by atoms with van der Waals surface area (Å²) in [7, 11) is 3.88. The molecule has 0 spiro atoms. The number of rotatable bonds is 1. The topological polar surface area (TPSA) is 32.3 Å². The smallest absolute Gasteiger partial charge is 0.223 e. The van der Waals surface area contributed by atoms with Gasteiger partial charge in [-0.3, -0.25) is 4.79 Å². The molecule has 1 aliphatic heterocycles. The van der Waals surface area contributed by atoms with E-state index in [0.29, 0.717) is 0 Å². The van der Waals surface area contributed by atoms with Crippen molar-refractivity contribution in [1.29, 1.82) is 0 Å². The molecule has 26 heavy (non-hydrogen) atoms. The Hall–Kier alpha value is -1.65. The Morgan fingerprint density at radius 1 is 1.08 bits per heavy atom. The van der Waals surface area contributed by atoms with Crippen molar-refractivity contribution in [3.63, 3.8) is 0 Å². The molecule has 4 rings (SSSR count). The summed E-state index contributed by atoms with van der Waals surface area (Å²) in [5, 5.41) is 2.73. The number of fused-ring (bicyclic) bond motifs is 2. The number of halogens is 1. The van der Waals surface area contributed by atoms with E-state index in [2.05, 4.69) is 69.6 Å². The highest BCUT2D eigenvalue weighted by atomic mass is 79.9. The third kappa shape index (κ3) is 4.74. The fourth-order valence-corrected chi connectivity index (χ4v) is 4.20. The van der Waals surface area contributed by atoms with Crippen molar-refractivity contribution < 1.29 is 4.79 Å². The maximum absolute atomic E-state index is 11.5. The number of nitrogens with one attached hydrogen (secondary N) is 1. The number of carbonyl (C=O) groups is 1. The maximum atomic E-state index is 11.5. The van der Waals surface area contributed by atoms with Crippen LogP contribution in [0.25, 0.3) is 0 Å². The minimum atomic E-state index is 0.176. The molecule has 1 aliphatic carbocycles. The third-order valence-corrected chi connectivity index (χ3v) is 5.83. The van der Waals surface area contributed by atoms with Crippen LogP contribution in [0.3, 0.4) is 0 Å². The summed E-state index contributed by atoms with van der Waals surface area (Å²) in [4.78, 5) is 13.8. The lowest BCUT2D eigenvalue weighted by molar-refractivity contribution is -0.124. The molecule has 1 unspecified atom stereocenters. The van der Waals surface area contributed by atoms with Gasteiger partial charge in [0.2, 0.25) is 5.91 Å². The molecular formula is C22H27BrN2O. The number of aryl methyl sites for hydroxylation is 1. The SMILES string of the molecule is CN1CCc2cc(Br)ccc2C1.CNC(=O)C1CCc2ccccc2C1. The fraction of sp³-hybridized carbons (Fsp3) is 0.409. The molecule has 2 aliphatic rings. The van der Waals surface area contributed by atoms with E-state index in [1.54, 1.807) is 7.05 Å². The third-order valence-electron chi connectivity index (χ3n) is 5.34. The Balaban J connectivity index is 0.000000152. The largest absolute Gasteiger partial charge is 0.359 e. The molecule has 0 aromatic heterocycles. The number of nitrogens with zero attached hydrogens (tertiary/aromatic N) is 1. The van der Waals surface area contributed by atoms with Crippen molar-refractivity contribution in [2.45, 2.75) is 32.2 Å². The molecule has 2 aromatic rings. The molecule has 138 valence electrons. The minimum absolute atomic E-state index is 0.176. The van der Waals surface area contributed by atoms with Crippen LogP contribution in [0, 0.1) is 5.92 Å². The first-order valence-electron chi connectivity index (χ1n) is 9.31. The molecule has 1 atom stereocenters. The van der Waals surface area contributed by atoms with Crippen LogP contribution in [0.1, 0.15) is 28.7 Å². The van der Waals surface area contributed by atoms with Gasteiger partial charge in [-0.15, -0.1) is 0 Å². The van der Waals surface area contributed by atoms with Crippen LogP contribution in [0.15, 0.2) is 46.9 Å². The van der Waals surface area contributed by atoms with Gasteiger partial charge in [0.1, 0.15) is 0 Å². The second kappa shape index (κ2) is 8.83. The van der Waals surface area contributed by atoms with Crippen molar-refractivity contribution in [3.05, 3.63) is 69.2 Å². The van der Waals surface area contributed by atoms with Gasteiger partial charge in [0.25, 0.3) is 0 Å². The predicted molar refractivity (Wildman–Crippen MR) is 110 cm³/mol. The first-order chi connectivity index (χ1) is 12.6. The van der Waals surface area contributed by atoms with E-state index in [0.717, 1.165) is 25.8 Å². The van der Waals surface area contributed by atoms with E-state index < -0.39 is 0 Å². The highest BCUT2D eigenvalue weighted by molar-refractivity contribution is 9.10. The summed E-state index contributed by atoms with van der Waals surface area (Å²) in [5.41, 5.74) is 5.73. The molecule has 0 fully saturated rings. The fourth-order valence-electron chi connectivity index (χ4n) is 3.79. The van der Waals surface area contributed by atoms with E-state index >= 15 is 0 Å². The zero-order valence-corrected chi connectivity index (χ0v) is 17.2. The molecule has 0 saturated heterocycles. The average Bonchev–Trinajstić information content (AvgIpc) is 2.67. The molecule has 2 aromatic carbocycles. The van der Waals surface area contributed by atoms with Gasteiger partial charge in [-0.1, -0.05) is 46.3 Å². The van der Waals surface area contributed by atoms with E-state index in [1.807, 2.05) is 6.07 Å². The summed E-state index contributed by atoms with van der Waals surface area (Å²) in [5.74, 6) is 0.356. The highest BCUT2D eigenvalue weighted by Crippen LogP contribution is 2.25. The Morgan fingerprint density at radius 3 is 2.62 bits per heavy atom. The Bertz CT molecular complexity index is 774. The lowest BCUT2D eigenvalue weighted by atomic mass is 9.83. The van der Waals surface area contributed by atoms with Crippen LogP contribution in [-0.2, 0) is 30.6 Å². The number of benzene rings is 2. The van der Waals surface area contributed by atoms with Crippen LogP contribution in [0.5, 0.6) is 0 Å². The summed E-state index contributed by atoms with van der Waals surface area (Å²) in [6, 6.07) is 15.0. The second-order valence-electron chi connectivity index (χ2n) is 7.22. The van der Waals surface area contributed by atoms with Crippen LogP contribution < -0.4 is 5.32 Å². The number of hydrogen-bond acceptors (Lipinski definition) is 2. The number of amides is 1. The normalized spacial score (nSPS) is 18.8. The summed E-state index contributed by atoms with van der Waals surface area (Å²) < 4.78 is 1.20. The van der Waals surface area contributed by atoms with Gasteiger partial charge >= 0.3 is 0 Å². The molecule has 0 saturated carbocycles. The predicted octanol–water partition coefficient (Wildman–Crippen LogP) is 3.97. The molecular weight excluding hydrogens is 388 g/mol. The Kier molecular flexibility index (Phi) is 6.49. The van der Waals surface area contributed by atoms with E-state index in [1.165, 1.54) is 39.7 Å². The Morgan fingerprint density at radius 2 is 1.85 bits per heavy atom. The lowest BCUT2D eigenvalue weighted by Crippen LogP contribution is -2.31. The van der Waals surface area contributed by atoms with E-state index in [4.69, 9.17) is 0 Å². The number of likely N-dealkylation sites (N-methyl/N-ethyl adjacent to an activating group) is 1. The van der Waals surface area contributed by atoms with E-state index in [-0.39, 0.29) is 11.8 Å². The van der Waals surface area contributed by atoms with Crippen molar-refractivity contribution in [2.24, 2.45) is 5.92 Å². The summed E-state index contributed by atoms with van der Waals surface area (Å²) >= 11 is 3.49.